The molecule has 0 fully saturated rings. The summed E-state index contributed by atoms with van der Waals surface area (Å²) in [5.74, 6) is 0.862. The average molecular weight is 278 g/mol. The third-order valence-corrected chi connectivity index (χ3v) is 3.83. The maximum atomic E-state index is 8.92. The number of nitrogens with one attached hydrogen (secondary N) is 1. The van der Waals surface area contributed by atoms with Gasteiger partial charge in [0.2, 0.25) is 0 Å². The minimum absolute atomic E-state index is 0.118. The zero-order chi connectivity index (χ0) is 12.0. The standard InChI is InChI=1S/C9H12ClN3OS2/c1-15-5-6(2-3-14)12-9-7(4-11)8(10)13-16-9/h6,12,14H,2-3,5H2,1H3/t6-/m0/s1. The fourth-order valence-corrected chi connectivity index (χ4v) is 2.87. The lowest BCUT2D eigenvalue weighted by atomic mass is 10.2. The van der Waals surface area contributed by atoms with Gasteiger partial charge in [0.05, 0.1) is 0 Å². The number of aliphatic hydroxyl groups excluding tert-OH is 1. The molecule has 0 saturated heterocycles. The molecule has 1 atom stereocenters. The molecule has 0 bridgehead atoms. The van der Waals surface area contributed by atoms with Crippen LogP contribution in [0.25, 0.3) is 0 Å². The van der Waals surface area contributed by atoms with Crippen LogP contribution in [0.1, 0.15) is 12.0 Å². The van der Waals surface area contributed by atoms with Gasteiger partial charge in [0.15, 0.2) is 5.15 Å². The molecule has 16 heavy (non-hydrogen) atoms. The third kappa shape index (κ3) is 3.52. The molecule has 1 heterocycles. The Morgan fingerprint density at radius 3 is 3.06 bits per heavy atom. The van der Waals surface area contributed by atoms with Crippen molar-refractivity contribution in [3.05, 3.63) is 10.7 Å². The lowest BCUT2D eigenvalue weighted by Gasteiger charge is -2.16. The van der Waals surface area contributed by atoms with E-state index in [-0.39, 0.29) is 17.8 Å². The largest absolute Gasteiger partial charge is 0.396 e. The van der Waals surface area contributed by atoms with E-state index < -0.39 is 0 Å². The first kappa shape index (κ1) is 13.6. The summed E-state index contributed by atoms with van der Waals surface area (Å²) >= 11 is 8.62. The van der Waals surface area contributed by atoms with E-state index in [1.807, 2.05) is 12.3 Å². The summed E-state index contributed by atoms with van der Waals surface area (Å²) in [6.07, 6.45) is 2.64. The lowest BCUT2D eigenvalue weighted by Crippen LogP contribution is -2.23. The molecule has 0 radical (unpaired) electrons. The second-order valence-electron chi connectivity index (χ2n) is 3.10. The van der Waals surface area contributed by atoms with Crippen molar-refractivity contribution in [1.29, 1.82) is 5.26 Å². The number of rotatable bonds is 6. The lowest BCUT2D eigenvalue weighted by molar-refractivity contribution is 0.282. The Bertz CT molecular complexity index is 371. The van der Waals surface area contributed by atoms with Crippen LogP contribution in [0.15, 0.2) is 0 Å². The highest BCUT2D eigenvalue weighted by atomic mass is 35.5. The molecule has 2 N–H and O–H groups in total. The topological polar surface area (TPSA) is 68.9 Å². The summed E-state index contributed by atoms with van der Waals surface area (Å²) in [7, 11) is 0. The number of halogens is 1. The highest BCUT2D eigenvalue weighted by molar-refractivity contribution is 7.98. The number of aromatic nitrogens is 1. The molecule has 0 spiro atoms. The Hall–Kier alpha value is -0.480. The highest BCUT2D eigenvalue weighted by Crippen LogP contribution is 2.28. The van der Waals surface area contributed by atoms with E-state index in [2.05, 4.69) is 9.69 Å². The Kier molecular flexibility index (Phi) is 5.91. The smallest absolute Gasteiger partial charge is 0.162 e. The summed E-state index contributed by atoms with van der Waals surface area (Å²) in [5, 5.41) is 21.9. The quantitative estimate of drug-likeness (QED) is 0.834. The van der Waals surface area contributed by atoms with Gasteiger partial charge in [-0.25, -0.2) is 0 Å². The van der Waals surface area contributed by atoms with Gasteiger partial charge in [0, 0.05) is 18.4 Å². The predicted molar refractivity (Wildman–Crippen MR) is 69.3 cm³/mol. The van der Waals surface area contributed by atoms with Gasteiger partial charge < -0.3 is 10.4 Å². The van der Waals surface area contributed by atoms with Crippen LogP contribution in [-0.4, -0.2) is 34.1 Å². The predicted octanol–water partition coefficient (Wildman–Crippen LogP) is 2.19. The number of anilines is 1. The van der Waals surface area contributed by atoms with Crippen LogP contribution in [0, 0.1) is 11.3 Å². The first-order chi connectivity index (χ1) is 7.72. The second kappa shape index (κ2) is 6.97. The molecule has 0 unspecified atom stereocenters. The molecule has 0 aliphatic rings. The molecular formula is C9H12ClN3OS2. The fraction of sp³-hybridized carbons (Fsp3) is 0.556. The van der Waals surface area contributed by atoms with E-state index in [1.54, 1.807) is 11.8 Å². The molecule has 0 aromatic carbocycles. The van der Waals surface area contributed by atoms with Crippen LogP contribution in [0.5, 0.6) is 0 Å². The van der Waals surface area contributed by atoms with Crippen molar-refractivity contribution < 1.29 is 5.11 Å². The number of nitriles is 1. The van der Waals surface area contributed by atoms with Crippen LogP contribution in [-0.2, 0) is 0 Å². The maximum absolute atomic E-state index is 8.92. The summed E-state index contributed by atoms with van der Waals surface area (Å²) < 4.78 is 3.91. The first-order valence-corrected chi connectivity index (χ1v) is 7.19. The number of hydrogen-bond acceptors (Lipinski definition) is 6. The monoisotopic (exact) mass is 277 g/mol. The van der Waals surface area contributed by atoms with Crippen molar-refractivity contribution in [2.24, 2.45) is 0 Å². The van der Waals surface area contributed by atoms with Gasteiger partial charge in [0.1, 0.15) is 16.6 Å². The molecule has 0 aliphatic carbocycles. The minimum atomic E-state index is 0.118. The summed E-state index contributed by atoms with van der Waals surface area (Å²) in [6.45, 7) is 0.118. The molecule has 88 valence electrons. The summed E-state index contributed by atoms with van der Waals surface area (Å²) in [6, 6.07) is 2.15. The third-order valence-electron chi connectivity index (χ3n) is 1.94. The Morgan fingerprint density at radius 1 is 1.75 bits per heavy atom. The van der Waals surface area contributed by atoms with Crippen LogP contribution in [0.3, 0.4) is 0 Å². The van der Waals surface area contributed by atoms with Crippen LogP contribution < -0.4 is 5.32 Å². The van der Waals surface area contributed by atoms with Gasteiger partial charge in [0.25, 0.3) is 0 Å². The van der Waals surface area contributed by atoms with Crippen LogP contribution in [0.4, 0.5) is 5.00 Å². The van der Waals surface area contributed by atoms with Crippen molar-refractivity contribution in [2.75, 3.05) is 23.9 Å². The van der Waals surface area contributed by atoms with Gasteiger partial charge in [-0.2, -0.15) is 21.4 Å². The van der Waals surface area contributed by atoms with E-state index in [0.29, 0.717) is 17.0 Å². The molecule has 1 aromatic heterocycles. The number of thioether (sulfide) groups is 1. The molecule has 1 aromatic rings. The van der Waals surface area contributed by atoms with E-state index in [1.165, 1.54) is 11.5 Å². The van der Waals surface area contributed by atoms with Gasteiger partial charge in [-0.05, 0) is 24.2 Å². The van der Waals surface area contributed by atoms with Crippen LogP contribution in [0.2, 0.25) is 5.15 Å². The van der Waals surface area contributed by atoms with E-state index >= 15 is 0 Å². The summed E-state index contributed by atoms with van der Waals surface area (Å²) in [4.78, 5) is 0. The maximum Gasteiger partial charge on any atom is 0.162 e. The van der Waals surface area contributed by atoms with Gasteiger partial charge >= 0.3 is 0 Å². The highest BCUT2D eigenvalue weighted by Gasteiger charge is 2.15. The second-order valence-corrected chi connectivity index (χ2v) is 5.14. The zero-order valence-corrected chi connectivity index (χ0v) is 11.1. The molecule has 7 heteroatoms. The molecular weight excluding hydrogens is 266 g/mol. The average Bonchev–Trinajstić information content (AvgIpc) is 2.60. The van der Waals surface area contributed by atoms with Crippen molar-refractivity contribution in [3.8, 4) is 6.07 Å². The van der Waals surface area contributed by atoms with Gasteiger partial charge in [-0.3, -0.25) is 0 Å². The van der Waals surface area contributed by atoms with Crippen molar-refractivity contribution in [1.82, 2.24) is 4.37 Å². The Morgan fingerprint density at radius 2 is 2.50 bits per heavy atom. The zero-order valence-electron chi connectivity index (χ0n) is 8.73. The van der Waals surface area contributed by atoms with Crippen LogP contribution >= 0.6 is 34.9 Å². The normalized spacial score (nSPS) is 12.1. The molecule has 1 rings (SSSR count). The molecule has 0 amide bonds. The van der Waals surface area contributed by atoms with E-state index in [0.717, 1.165) is 5.75 Å². The van der Waals surface area contributed by atoms with Crippen molar-refractivity contribution >= 4 is 39.9 Å². The number of hydrogen-bond donors (Lipinski definition) is 2. The number of aliphatic hydroxyl groups is 1. The Balaban J connectivity index is 2.73. The summed E-state index contributed by atoms with van der Waals surface area (Å²) in [5.41, 5.74) is 0.385. The SMILES string of the molecule is CSC[C@H](CCO)Nc1snc(Cl)c1C#N. The molecule has 0 aliphatic heterocycles. The van der Waals surface area contributed by atoms with E-state index in [4.69, 9.17) is 22.0 Å². The van der Waals surface area contributed by atoms with Crippen molar-refractivity contribution in [2.45, 2.75) is 12.5 Å². The fourth-order valence-electron chi connectivity index (χ4n) is 1.21. The Labute approximate surface area is 108 Å². The molecule has 0 saturated carbocycles. The van der Waals surface area contributed by atoms with Crippen molar-refractivity contribution in [3.63, 3.8) is 0 Å². The number of nitrogens with zero attached hydrogens (tertiary/aromatic N) is 2. The molecule has 4 nitrogen and oxygen atoms in total. The van der Waals surface area contributed by atoms with E-state index in [9.17, 15) is 0 Å². The van der Waals surface area contributed by atoms with Gasteiger partial charge in [-0.15, -0.1) is 0 Å². The van der Waals surface area contributed by atoms with Gasteiger partial charge in [-0.1, -0.05) is 11.6 Å². The first-order valence-electron chi connectivity index (χ1n) is 4.64. The minimum Gasteiger partial charge on any atom is -0.396 e.